The molecule has 0 fully saturated rings. The highest BCUT2D eigenvalue weighted by molar-refractivity contribution is 6.21. The van der Waals surface area contributed by atoms with Gasteiger partial charge in [-0.05, 0) is 144 Å². The topological polar surface area (TPSA) is 8.17 Å². The summed E-state index contributed by atoms with van der Waals surface area (Å²) in [6.07, 6.45) is 0. The van der Waals surface area contributed by atoms with Gasteiger partial charge in [0.2, 0.25) is 0 Å². The molecular formula is C66H44N2. The highest BCUT2D eigenvalue weighted by atomic mass is 15.1. The Morgan fingerprint density at radius 2 is 0.721 bits per heavy atom. The molecule has 0 saturated heterocycles. The summed E-state index contributed by atoms with van der Waals surface area (Å²) in [5, 5.41) is 9.97. The molecule has 12 aromatic carbocycles. The highest BCUT2D eigenvalue weighted by Gasteiger charge is 2.20. The van der Waals surface area contributed by atoms with Gasteiger partial charge >= 0.3 is 0 Å². The van der Waals surface area contributed by atoms with E-state index in [1.807, 2.05) is 0 Å². The maximum absolute atomic E-state index is 2.40. The average molecular weight is 865 g/mol. The van der Waals surface area contributed by atoms with E-state index < -0.39 is 0 Å². The third-order valence-corrected chi connectivity index (χ3v) is 13.8. The Morgan fingerprint density at radius 3 is 1.38 bits per heavy atom. The number of nitrogens with zero attached hydrogens (tertiary/aromatic N) is 2. The number of hydrogen-bond donors (Lipinski definition) is 0. The van der Waals surface area contributed by atoms with Gasteiger partial charge in [0.1, 0.15) is 0 Å². The number of aromatic nitrogens is 1. The Balaban J connectivity index is 0.939. The molecule has 2 heteroatoms. The third kappa shape index (κ3) is 6.65. The molecule has 0 aliphatic heterocycles. The maximum atomic E-state index is 2.40. The zero-order chi connectivity index (χ0) is 45.0. The normalized spacial score (nSPS) is 11.5. The molecule has 0 atom stereocenters. The molecule has 0 N–H and O–H groups in total. The van der Waals surface area contributed by atoms with Crippen LogP contribution in [0.2, 0.25) is 0 Å². The second-order valence-electron chi connectivity index (χ2n) is 17.6. The number of fused-ring (bicyclic) bond motifs is 6. The molecule has 0 radical (unpaired) electrons. The van der Waals surface area contributed by atoms with Crippen molar-refractivity contribution in [3.8, 4) is 50.2 Å². The maximum Gasteiger partial charge on any atom is 0.0541 e. The van der Waals surface area contributed by atoms with E-state index >= 15 is 0 Å². The third-order valence-electron chi connectivity index (χ3n) is 13.8. The van der Waals surface area contributed by atoms with E-state index in [1.165, 1.54) is 98.6 Å². The second kappa shape index (κ2) is 16.5. The van der Waals surface area contributed by atoms with Crippen molar-refractivity contribution in [3.63, 3.8) is 0 Å². The van der Waals surface area contributed by atoms with Crippen LogP contribution in [0.4, 0.5) is 17.1 Å². The largest absolute Gasteiger partial charge is 0.310 e. The molecule has 0 bridgehead atoms. The van der Waals surface area contributed by atoms with Crippen molar-refractivity contribution in [3.05, 3.63) is 267 Å². The van der Waals surface area contributed by atoms with E-state index in [0.717, 1.165) is 22.7 Å². The van der Waals surface area contributed by atoms with E-state index in [9.17, 15) is 0 Å². The summed E-state index contributed by atoms with van der Waals surface area (Å²) in [6, 6.07) is 97.4. The molecule has 0 spiro atoms. The van der Waals surface area contributed by atoms with Crippen LogP contribution in [0.25, 0.3) is 104 Å². The van der Waals surface area contributed by atoms with Crippen molar-refractivity contribution in [2.75, 3.05) is 4.90 Å². The second-order valence-corrected chi connectivity index (χ2v) is 17.6. The SMILES string of the molecule is c1ccc(-c2c3ccccc3c(-c3ccc(N(c4ccc(-c5ccc6c(c5)c5ccccc5n6-c5ccccc5)cc4)c4cccc(-c5cccc6ccccc56)c4)cc3)c3ccccc23)cc1. The minimum atomic E-state index is 1.08. The Labute approximate surface area is 395 Å². The van der Waals surface area contributed by atoms with E-state index in [4.69, 9.17) is 0 Å². The predicted molar refractivity (Wildman–Crippen MR) is 290 cm³/mol. The number of hydrogen-bond acceptors (Lipinski definition) is 1. The van der Waals surface area contributed by atoms with E-state index in [1.54, 1.807) is 0 Å². The number of para-hydroxylation sites is 2. The van der Waals surface area contributed by atoms with Crippen LogP contribution in [0.1, 0.15) is 0 Å². The fourth-order valence-corrected chi connectivity index (χ4v) is 10.7. The van der Waals surface area contributed by atoms with E-state index in [2.05, 4.69) is 276 Å². The molecule has 0 saturated carbocycles. The summed E-state index contributed by atoms with van der Waals surface area (Å²) in [7, 11) is 0. The minimum absolute atomic E-state index is 1.08. The molecule has 0 aliphatic carbocycles. The molecule has 0 unspecified atom stereocenters. The van der Waals surface area contributed by atoms with Crippen molar-refractivity contribution >= 4 is 71.2 Å². The quantitative estimate of drug-likeness (QED) is 0.138. The minimum Gasteiger partial charge on any atom is -0.310 e. The zero-order valence-corrected chi connectivity index (χ0v) is 37.3. The van der Waals surface area contributed by atoms with Crippen LogP contribution in [-0.4, -0.2) is 4.57 Å². The van der Waals surface area contributed by atoms with Gasteiger partial charge in [-0.15, -0.1) is 0 Å². The fourth-order valence-electron chi connectivity index (χ4n) is 10.7. The molecule has 0 amide bonds. The molecule has 1 heterocycles. The van der Waals surface area contributed by atoms with Gasteiger partial charge in [0, 0.05) is 33.5 Å². The van der Waals surface area contributed by atoms with Crippen molar-refractivity contribution < 1.29 is 0 Å². The first-order chi connectivity index (χ1) is 33.7. The predicted octanol–water partition coefficient (Wildman–Crippen LogP) is 18.4. The van der Waals surface area contributed by atoms with E-state index in [0.29, 0.717) is 0 Å². The standard InChI is InChI=1S/C66H44N2/c1-3-18-47(19-4-1)65-58-27-9-11-29-60(58)66(61-30-12-10-28-59(61)65)48-35-40-53(41-36-48)67(54-24-15-21-50(43-54)56-31-16-20-46-17-7-8-25-55(46)56)52-38-33-45(34-39-52)49-37-42-64-62(44-49)57-26-13-14-32-63(57)68(64)51-22-5-2-6-23-51/h1-44H. The fraction of sp³-hybridized carbons (Fsp3) is 0. The first kappa shape index (κ1) is 39.4. The van der Waals surface area contributed by atoms with E-state index in [-0.39, 0.29) is 0 Å². The summed E-state index contributed by atoms with van der Waals surface area (Å²) in [4.78, 5) is 2.40. The summed E-state index contributed by atoms with van der Waals surface area (Å²) in [6.45, 7) is 0. The Morgan fingerprint density at radius 1 is 0.250 bits per heavy atom. The molecule has 13 rings (SSSR count). The molecule has 2 nitrogen and oxygen atoms in total. The zero-order valence-electron chi connectivity index (χ0n) is 37.3. The molecule has 318 valence electrons. The van der Waals surface area contributed by atoms with Crippen LogP contribution in [0, 0.1) is 0 Å². The van der Waals surface area contributed by atoms with Gasteiger partial charge in [-0.25, -0.2) is 0 Å². The van der Waals surface area contributed by atoms with Gasteiger partial charge < -0.3 is 9.47 Å². The molecular weight excluding hydrogens is 821 g/mol. The van der Waals surface area contributed by atoms with Crippen molar-refractivity contribution in [1.29, 1.82) is 0 Å². The van der Waals surface area contributed by atoms with Crippen LogP contribution in [0.3, 0.4) is 0 Å². The van der Waals surface area contributed by atoms with Crippen molar-refractivity contribution in [2.45, 2.75) is 0 Å². The lowest BCUT2D eigenvalue weighted by atomic mass is 9.86. The van der Waals surface area contributed by atoms with Crippen LogP contribution in [0.5, 0.6) is 0 Å². The molecule has 68 heavy (non-hydrogen) atoms. The summed E-state index contributed by atoms with van der Waals surface area (Å²) < 4.78 is 2.37. The number of rotatable bonds is 8. The lowest BCUT2D eigenvalue weighted by Gasteiger charge is -2.27. The van der Waals surface area contributed by atoms with Crippen molar-refractivity contribution in [2.24, 2.45) is 0 Å². The van der Waals surface area contributed by atoms with Crippen LogP contribution in [0.15, 0.2) is 267 Å². The van der Waals surface area contributed by atoms with Gasteiger partial charge in [-0.3, -0.25) is 0 Å². The average Bonchev–Trinajstić information content (AvgIpc) is 3.75. The summed E-state index contributed by atoms with van der Waals surface area (Å²) in [5.74, 6) is 0. The van der Waals surface area contributed by atoms with Gasteiger partial charge in [-0.2, -0.15) is 0 Å². The Kier molecular flexibility index (Phi) is 9.54. The van der Waals surface area contributed by atoms with Gasteiger partial charge in [0.15, 0.2) is 0 Å². The van der Waals surface area contributed by atoms with Gasteiger partial charge in [-0.1, -0.05) is 200 Å². The van der Waals surface area contributed by atoms with Crippen molar-refractivity contribution in [1.82, 2.24) is 4.57 Å². The number of benzene rings is 12. The molecule has 0 aliphatic rings. The first-order valence-corrected chi connectivity index (χ1v) is 23.4. The molecule has 13 aromatic rings. The smallest absolute Gasteiger partial charge is 0.0541 e. The Bertz CT molecular complexity index is 3940. The Hall–Kier alpha value is -8.98. The van der Waals surface area contributed by atoms with Crippen LogP contribution >= 0.6 is 0 Å². The lowest BCUT2D eigenvalue weighted by Crippen LogP contribution is -2.10. The van der Waals surface area contributed by atoms with Gasteiger partial charge in [0.05, 0.1) is 11.0 Å². The number of anilines is 3. The van der Waals surface area contributed by atoms with Crippen LogP contribution in [-0.2, 0) is 0 Å². The highest BCUT2D eigenvalue weighted by Crippen LogP contribution is 2.45. The van der Waals surface area contributed by atoms with Gasteiger partial charge in [0.25, 0.3) is 0 Å². The first-order valence-electron chi connectivity index (χ1n) is 23.4. The summed E-state index contributed by atoms with van der Waals surface area (Å²) >= 11 is 0. The molecule has 1 aromatic heterocycles. The van der Waals surface area contributed by atoms with Crippen LogP contribution < -0.4 is 4.90 Å². The lowest BCUT2D eigenvalue weighted by molar-refractivity contribution is 1.18. The summed E-state index contributed by atoms with van der Waals surface area (Å²) in [5.41, 5.74) is 16.5. The monoisotopic (exact) mass is 864 g/mol.